The second-order valence-corrected chi connectivity index (χ2v) is 6.49. The molecule has 0 spiro atoms. The van der Waals surface area contributed by atoms with Gasteiger partial charge in [0.25, 0.3) is 0 Å². The normalized spacial score (nSPS) is 11.4. The Kier molecular flexibility index (Phi) is 17.9. The van der Waals surface area contributed by atoms with Crippen LogP contribution in [0.2, 0.25) is 0 Å². The van der Waals surface area contributed by atoms with Crippen LogP contribution in [0.4, 0.5) is 0 Å². The van der Waals surface area contributed by atoms with E-state index in [1.807, 2.05) is 0 Å². The van der Waals surface area contributed by atoms with E-state index in [-0.39, 0.29) is 17.0 Å². The van der Waals surface area contributed by atoms with Crippen LogP contribution in [0.1, 0.15) is 72.1 Å². The molecule has 118 valence electrons. The molecule has 0 aliphatic heterocycles. The third kappa shape index (κ3) is 11.3. The van der Waals surface area contributed by atoms with E-state index in [9.17, 15) is 0 Å². The van der Waals surface area contributed by atoms with Gasteiger partial charge in [0.1, 0.15) is 0 Å². The van der Waals surface area contributed by atoms with E-state index in [2.05, 4.69) is 36.7 Å². The maximum Gasteiger partial charge on any atom is 0.0885 e. The van der Waals surface area contributed by atoms with Gasteiger partial charge in [0.15, 0.2) is 0 Å². The summed E-state index contributed by atoms with van der Waals surface area (Å²) in [4.78, 5) is 0. The molecule has 0 heterocycles. The van der Waals surface area contributed by atoms with Gasteiger partial charge in [0.05, 0.1) is 31.5 Å². The van der Waals surface area contributed by atoms with Crippen LogP contribution in [0, 0.1) is 0 Å². The zero-order valence-electron chi connectivity index (χ0n) is 13.4. The van der Waals surface area contributed by atoms with E-state index in [1.54, 1.807) is 0 Å². The molecule has 0 amide bonds. The van der Waals surface area contributed by atoms with Gasteiger partial charge in [0.2, 0.25) is 0 Å². The van der Waals surface area contributed by atoms with Gasteiger partial charge in [0, 0.05) is 0 Å². The molecule has 0 rings (SSSR count). The van der Waals surface area contributed by atoms with Gasteiger partial charge in [-0.15, -0.1) is 0 Å². The van der Waals surface area contributed by atoms with Crippen molar-refractivity contribution in [2.75, 3.05) is 31.5 Å². The largest absolute Gasteiger partial charge is 1.00 e. The van der Waals surface area contributed by atoms with E-state index in [0.29, 0.717) is 0 Å². The molecule has 0 aromatic carbocycles. The fourth-order valence-corrected chi connectivity index (χ4v) is 3.46. The number of alkyl halides is 1. The minimum atomic E-state index is 0. The van der Waals surface area contributed by atoms with Gasteiger partial charge in [-0.25, -0.2) is 0 Å². The number of quaternary nitrogens is 1. The number of halogens is 2. The quantitative estimate of drug-likeness (QED) is 0.253. The molecule has 0 atom stereocenters. The summed E-state index contributed by atoms with van der Waals surface area (Å²) in [7, 11) is 0. The molecule has 19 heavy (non-hydrogen) atoms. The van der Waals surface area contributed by atoms with Crippen LogP contribution < -0.4 is 17.0 Å². The Morgan fingerprint density at radius 3 is 1.53 bits per heavy atom. The molecule has 0 aromatic heterocycles. The zero-order chi connectivity index (χ0) is 13.7. The first-order valence-corrected chi connectivity index (χ1v) is 9.27. The number of hydrogen-bond donors (Lipinski definition) is 0. The molecular weight excluding hydrogens is 366 g/mol. The fraction of sp³-hybridized carbons (Fsp3) is 1.00. The van der Waals surface area contributed by atoms with E-state index in [4.69, 9.17) is 0 Å². The first-order valence-electron chi connectivity index (χ1n) is 8.15. The van der Waals surface area contributed by atoms with Crippen molar-refractivity contribution in [2.24, 2.45) is 0 Å². The second kappa shape index (κ2) is 15.3. The highest BCUT2D eigenvalue weighted by Gasteiger charge is 2.24. The van der Waals surface area contributed by atoms with Gasteiger partial charge in [-0.2, -0.15) is 0 Å². The molecule has 0 saturated heterocycles. The third-order valence-electron chi connectivity index (χ3n) is 4.02. The minimum Gasteiger partial charge on any atom is -1.00 e. The van der Waals surface area contributed by atoms with Crippen LogP contribution in [-0.2, 0) is 0 Å². The smallest absolute Gasteiger partial charge is 0.0885 e. The lowest BCUT2D eigenvalue weighted by atomic mass is 10.1. The predicted octanol–water partition coefficient (Wildman–Crippen LogP) is 2.38. The van der Waals surface area contributed by atoms with Crippen molar-refractivity contribution in [2.45, 2.75) is 72.1 Å². The molecule has 0 N–H and O–H groups in total. The second-order valence-electron chi connectivity index (χ2n) is 5.69. The highest BCUT2D eigenvalue weighted by molar-refractivity contribution is 9.09. The summed E-state index contributed by atoms with van der Waals surface area (Å²) >= 11 is 3.68. The molecule has 1 nitrogen and oxygen atoms in total. The number of hydrogen-bond acceptors (Lipinski definition) is 0. The van der Waals surface area contributed by atoms with Crippen molar-refractivity contribution in [1.29, 1.82) is 0 Å². The molecule has 3 heteroatoms. The lowest BCUT2D eigenvalue weighted by Gasteiger charge is -2.39. The Morgan fingerprint density at radius 2 is 1.11 bits per heavy atom. The van der Waals surface area contributed by atoms with Crippen LogP contribution in [0.5, 0.6) is 0 Å². The Hall–Kier alpha value is 0.920. The number of unbranched alkanes of at least 4 members (excludes halogenated alkanes) is 5. The molecule has 0 fully saturated rings. The third-order valence-corrected chi connectivity index (χ3v) is 4.37. The highest BCUT2D eigenvalue weighted by atomic mass is 79.9. The summed E-state index contributed by atoms with van der Waals surface area (Å²) in [6, 6.07) is 0. The van der Waals surface area contributed by atoms with Crippen molar-refractivity contribution in [1.82, 2.24) is 0 Å². The van der Waals surface area contributed by atoms with Crippen molar-refractivity contribution in [3.8, 4) is 0 Å². The zero-order valence-corrected chi connectivity index (χ0v) is 16.6. The average Bonchev–Trinajstić information content (AvgIpc) is 2.39. The summed E-state index contributed by atoms with van der Waals surface area (Å²) in [5, 5.41) is 1.16. The molecule has 0 bridgehead atoms. The van der Waals surface area contributed by atoms with Crippen LogP contribution in [-0.4, -0.2) is 36.0 Å². The summed E-state index contributed by atoms with van der Waals surface area (Å²) < 4.78 is 1.37. The highest BCUT2D eigenvalue weighted by Crippen LogP contribution is 2.16. The topological polar surface area (TPSA) is 0 Å². The number of nitrogens with zero attached hydrogens (tertiary/aromatic N) is 1. The summed E-state index contributed by atoms with van der Waals surface area (Å²) in [6.45, 7) is 12.5. The van der Waals surface area contributed by atoms with Crippen molar-refractivity contribution in [3.63, 3.8) is 0 Å². The number of rotatable bonds is 13. The first kappa shape index (κ1) is 22.2. The Labute approximate surface area is 141 Å². The molecule has 0 aromatic rings. The first-order chi connectivity index (χ1) is 8.74. The Balaban J connectivity index is 0. The van der Waals surface area contributed by atoms with Crippen LogP contribution in [0.25, 0.3) is 0 Å². The van der Waals surface area contributed by atoms with Crippen molar-refractivity contribution >= 4 is 15.9 Å². The summed E-state index contributed by atoms with van der Waals surface area (Å²) in [5.74, 6) is 0. The van der Waals surface area contributed by atoms with E-state index >= 15 is 0 Å². The standard InChI is InChI=1S/C16H35BrN.BrH/c1-4-7-10-11-15-18(16-12-17,13-8-5-2)14-9-6-3;/h4-16H2,1-3H3;1H/q+1;/p-1. The van der Waals surface area contributed by atoms with Crippen LogP contribution in [0.15, 0.2) is 0 Å². The molecule has 0 unspecified atom stereocenters. The Bertz CT molecular complexity index is 166. The Morgan fingerprint density at radius 1 is 0.632 bits per heavy atom. The van der Waals surface area contributed by atoms with Crippen LogP contribution in [0.3, 0.4) is 0 Å². The van der Waals surface area contributed by atoms with Gasteiger partial charge in [-0.05, 0) is 25.7 Å². The SMILES string of the molecule is CCCCCC[N+](CCBr)(CCCC)CCCC.[Br-]. The maximum atomic E-state index is 3.68. The van der Waals surface area contributed by atoms with E-state index in [0.717, 1.165) is 5.33 Å². The molecule has 0 aliphatic rings. The molecule has 0 saturated carbocycles. The molecule has 0 radical (unpaired) electrons. The van der Waals surface area contributed by atoms with Crippen LogP contribution >= 0.6 is 15.9 Å². The summed E-state index contributed by atoms with van der Waals surface area (Å²) in [6.07, 6.45) is 11.1. The van der Waals surface area contributed by atoms with Gasteiger partial charge >= 0.3 is 0 Å². The predicted molar refractivity (Wildman–Crippen MR) is 87.5 cm³/mol. The van der Waals surface area contributed by atoms with E-state index in [1.165, 1.54) is 82.0 Å². The summed E-state index contributed by atoms with van der Waals surface area (Å²) in [5.41, 5.74) is 0. The van der Waals surface area contributed by atoms with E-state index < -0.39 is 0 Å². The van der Waals surface area contributed by atoms with Crippen molar-refractivity contribution < 1.29 is 21.5 Å². The molecular formula is C16H35Br2N. The lowest BCUT2D eigenvalue weighted by molar-refractivity contribution is -0.926. The maximum absolute atomic E-state index is 3.68. The monoisotopic (exact) mass is 399 g/mol. The fourth-order valence-electron chi connectivity index (χ4n) is 2.71. The van der Waals surface area contributed by atoms with Gasteiger partial charge in [-0.1, -0.05) is 62.4 Å². The van der Waals surface area contributed by atoms with Gasteiger partial charge in [-0.3, -0.25) is 0 Å². The lowest BCUT2D eigenvalue weighted by Crippen LogP contribution is -3.00. The van der Waals surface area contributed by atoms with Gasteiger partial charge < -0.3 is 21.5 Å². The van der Waals surface area contributed by atoms with Crippen molar-refractivity contribution in [3.05, 3.63) is 0 Å². The minimum absolute atomic E-state index is 0. The molecule has 0 aliphatic carbocycles. The average molecular weight is 401 g/mol.